The van der Waals surface area contributed by atoms with Crippen LogP contribution in [0.15, 0.2) is 48.4 Å². The quantitative estimate of drug-likeness (QED) is 0.895. The number of fused-ring (bicyclic) bond motifs is 1. The topological polar surface area (TPSA) is 34.1 Å². The van der Waals surface area contributed by atoms with Crippen molar-refractivity contribution in [2.45, 2.75) is 12.5 Å². The van der Waals surface area contributed by atoms with Crippen LogP contribution in [0.5, 0.6) is 0 Å². The van der Waals surface area contributed by atoms with Gasteiger partial charge in [0, 0.05) is 18.0 Å². The maximum atomic E-state index is 5.69. The molecule has 1 aromatic heterocycles. The van der Waals surface area contributed by atoms with Gasteiger partial charge >= 0.3 is 0 Å². The highest BCUT2D eigenvalue weighted by Gasteiger charge is 2.20. The number of hydrogen-bond acceptors (Lipinski definition) is 3. The molecule has 3 rings (SSSR count). The Morgan fingerprint density at radius 3 is 3.00 bits per heavy atom. The van der Waals surface area contributed by atoms with E-state index in [0.29, 0.717) is 0 Å². The fourth-order valence-corrected chi connectivity index (χ4v) is 2.47. The van der Waals surface area contributed by atoms with E-state index < -0.39 is 0 Å². The molecule has 1 unspecified atom stereocenters. The number of nitrogens with zero attached hydrogens (tertiary/aromatic N) is 1. The van der Waals surface area contributed by atoms with Gasteiger partial charge in [0.25, 0.3) is 0 Å². The monoisotopic (exact) mass is 240 g/mol. The Bertz CT molecular complexity index is 587. The molecule has 0 fully saturated rings. The van der Waals surface area contributed by atoms with Crippen LogP contribution in [-0.2, 0) is 4.74 Å². The van der Waals surface area contributed by atoms with Crippen molar-refractivity contribution in [3.05, 3.63) is 53.9 Å². The van der Waals surface area contributed by atoms with Crippen LogP contribution < -0.4 is 5.32 Å². The zero-order valence-electron chi connectivity index (χ0n) is 10.4. The summed E-state index contributed by atoms with van der Waals surface area (Å²) in [5.74, 6) is 1.02. The maximum Gasteiger partial charge on any atom is 0.114 e. The lowest BCUT2D eigenvalue weighted by molar-refractivity contribution is 0.218. The van der Waals surface area contributed by atoms with Crippen molar-refractivity contribution in [2.24, 2.45) is 0 Å². The van der Waals surface area contributed by atoms with Gasteiger partial charge in [0.15, 0.2) is 0 Å². The summed E-state index contributed by atoms with van der Waals surface area (Å²) in [5, 5.41) is 4.51. The zero-order valence-corrected chi connectivity index (χ0v) is 10.4. The van der Waals surface area contributed by atoms with Crippen molar-refractivity contribution < 1.29 is 4.74 Å². The molecule has 18 heavy (non-hydrogen) atoms. The fraction of sp³-hybridized carbons (Fsp3) is 0.267. The van der Waals surface area contributed by atoms with Crippen molar-refractivity contribution in [3.63, 3.8) is 0 Å². The molecule has 0 radical (unpaired) electrons. The van der Waals surface area contributed by atoms with Gasteiger partial charge < -0.3 is 10.1 Å². The Hall–Kier alpha value is -1.87. The van der Waals surface area contributed by atoms with Crippen LogP contribution in [0.25, 0.3) is 10.9 Å². The fourth-order valence-electron chi connectivity index (χ4n) is 2.47. The van der Waals surface area contributed by atoms with E-state index in [4.69, 9.17) is 4.74 Å². The summed E-state index contributed by atoms with van der Waals surface area (Å²) >= 11 is 0. The van der Waals surface area contributed by atoms with E-state index in [9.17, 15) is 0 Å². The molecule has 0 bridgehead atoms. The molecule has 2 aromatic rings. The van der Waals surface area contributed by atoms with E-state index in [1.165, 1.54) is 10.9 Å². The van der Waals surface area contributed by atoms with Gasteiger partial charge in [0.05, 0.1) is 18.2 Å². The van der Waals surface area contributed by atoms with Crippen molar-refractivity contribution >= 4 is 10.9 Å². The first kappa shape index (κ1) is 11.2. The average molecular weight is 240 g/mol. The zero-order chi connectivity index (χ0) is 12.4. The number of hydrogen-bond donors (Lipinski definition) is 1. The van der Waals surface area contributed by atoms with Crippen molar-refractivity contribution in [1.82, 2.24) is 10.3 Å². The molecule has 0 aliphatic carbocycles. The van der Waals surface area contributed by atoms with Crippen LogP contribution in [0.2, 0.25) is 0 Å². The van der Waals surface area contributed by atoms with E-state index in [2.05, 4.69) is 28.5 Å². The highest BCUT2D eigenvalue weighted by Crippen LogP contribution is 2.30. The van der Waals surface area contributed by atoms with Crippen LogP contribution in [0, 0.1) is 0 Å². The molecule has 1 atom stereocenters. The van der Waals surface area contributed by atoms with E-state index in [0.717, 1.165) is 24.3 Å². The number of rotatable bonds is 3. The van der Waals surface area contributed by atoms with Gasteiger partial charge in [-0.05, 0) is 30.8 Å². The third kappa shape index (κ3) is 1.87. The molecule has 1 aromatic carbocycles. The highest BCUT2D eigenvalue weighted by molar-refractivity contribution is 5.82. The standard InChI is InChI=1S/C15H16N2O/c1-16-15(14-8-4-10-18-14)12-5-2-7-13-11(12)6-3-9-17-13/h2-3,5-9,15-16H,4,10H2,1H3. The summed E-state index contributed by atoms with van der Waals surface area (Å²) in [6, 6.07) is 10.4. The predicted octanol–water partition coefficient (Wildman–Crippen LogP) is 2.80. The molecule has 0 saturated carbocycles. The number of likely N-dealkylation sites (N-methyl/N-ethyl adjacent to an activating group) is 1. The van der Waals surface area contributed by atoms with Gasteiger partial charge in [-0.2, -0.15) is 0 Å². The summed E-state index contributed by atoms with van der Waals surface area (Å²) in [4.78, 5) is 4.40. The molecule has 1 N–H and O–H groups in total. The molecule has 2 heterocycles. The maximum absolute atomic E-state index is 5.69. The summed E-state index contributed by atoms with van der Waals surface area (Å²) in [5.41, 5.74) is 2.24. The second-order valence-corrected chi connectivity index (χ2v) is 4.38. The molecule has 3 heteroatoms. The minimum absolute atomic E-state index is 0.111. The van der Waals surface area contributed by atoms with Crippen LogP contribution in [-0.4, -0.2) is 18.6 Å². The number of ether oxygens (including phenoxy) is 1. The lowest BCUT2D eigenvalue weighted by atomic mass is 10.00. The molecule has 3 nitrogen and oxygen atoms in total. The number of nitrogens with one attached hydrogen (secondary N) is 1. The first-order valence-corrected chi connectivity index (χ1v) is 6.24. The second-order valence-electron chi connectivity index (χ2n) is 4.38. The smallest absolute Gasteiger partial charge is 0.114 e. The van der Waals surface area contributed by atoms with Gasteiger partial charge in [-0.15, -0.1) is 0 Å². The molecule has 1 aliphatic heterocycles. The van der Waals surface area contributed by atoms with Crippen LogP contribution in [0.3, 0.4) is 0 Å². The Labute approximate surface area is 106 Å². The SMILES string of the molecule is CNC(C1=CCCO1)c1cccc2ncccc12. The number of benzene rings is 1. The molecule has 0 spiro atoms. The van der Waals surface area contributed by atoms with Crippen molar-refractivity contribution in [1.29, 1.82) is 0 Å². The molecular formula is C15H16N2O. The summed E-state index contributed by atoms with van der Waals surface area (Å²) in [7, 11) is 1.96. The molecule has 92 valence electrons. The molecular weight excluding hydrogens is 224 g/mol. The van der Waals surface area contributed by atoms with E-state index in [1.54, 1.807) is 0 Å². The minimum Gasteiger partial charge on any atom is -0.496 e. The highest BCUT2D eigenvalue weighted by atomic mass is 16.5. The van der Waals surface area contributed by atoms with Gasteiger partial charge in [-0.25, -0.2) is 0 Å². The second kappa shape index (κ2) is 4.78. The Morgan fingerprint density at radius 2 is 2.22 bits per heavy atom. The third-order valence-corrected chi connectivity index (χ3v) is 3.30. The third-order valence-electron chi connectivity index (χ3n) is 3.30. The van der Waals surface area contributed by atoms with Crippen LogP contribution in [0.1, 0.15) is 18.0 Å². The van der Waals surface area contributed by atoms with E-state index in [-0.39, 0.29) is 6.04 Å². The lowest BCUT2D eigenvalue weighted by Crippen LogP contribution is -2.19. The Morgan fingerprint density at radius 1 is 1.28 bits per heavy atom. The van der Waals surface area contributed by atoms with Crippen molar-refractivity contribution in [3.8, 4) is 0 Å². The van der Waals surface area contributed by atoms with Crippen molar-refractivity contribution in [2.75, 3.05) is 13.7 Å². The average Bonchev–Trinajstić information content (AvgIpc) is 2.94. The summed E-state index contributed by atoms with van der Waals surface area (Å²) in [6.45, 7) is 0.788. The Balaban J connectivity index is 2.12. The first-order valence-electron chi connectivity index (χ1n) is 6.24. The number of pyridine rings is 1. The molecule has 0 amide bonds. The normalized spacial score (nSPS) is 16.4. The lowest BCUT2D eigenvalue weighted by Gasteiger charge is -2.19. The predicted molar refractivity (Wildman–Crippen MR) is 72.2 cm³/mol. The van der Waals surface area contributed by atoms with E-state index in [1.807, 2.05) is 31.4 Å². The summed E-state index contributed by atoms with van der Waals surface area (Å²) < 4.78 is 5.69. The van der Waals surface area contributed by atoms with Gasteiger partial charge in [-0.1, -0.05) is 18.2 Å². The summed E-state index contributed by atoms with van der Waals surface area (Å²) in [6.07, 6.45) is 4.98. The van der Waals surface area contributed by atoms with Gasteiger partial charge in [-0.3, -0.25) is 4.98 Å². The minimum atomic E-state index is 0.111. The number of aromatic nitrogens is 1. The Kier molecular flexibility index (Phi) is 2.99. The first-order chi connectivity index (χ1) is 8.90. The molecule has 0 saturated heterocycles. The van der Waals surface area contributed by atoms with Crippen LogP contribution >= 0.6 is 0 Å². The van der Waals surface area contributed by atoms with E-state index >= 15 is 0 Å². The molecule has 1 aliphatic rings. The largest absolute Gasteiger partial charge is 0.496 e. The van der Waals surface area contributed by atoms with Crippen LogP contribution in [0.4, 0.5) is 0 Å². The van der Waals surface area contributed by atoms with Gasteiger partial charge in [0.1, 0.15) is 5.76 Å². The van der Waals surface area contributed by atoms with Gasteiger partial charge in [0.2, 0.25) is 0 Å².